The third-order valence-electron chi connectivity index (χ3n) is 0.398. The smallest absolute Gasteiger partial charge is 0.382 e. The summed E-state index contributed by atoms with van der Waals surface area (Å²) in [6.07, 6.45) is -1.41. The van der Waals surface area contributed by atoms with Gasteiger partial charge in [0.15, 0.2) is 0 Å². The molecule has 0 aromatic rings. The molecule has 0 aliphatic carbocycles. The van der Waals surface area contributed by atoms with Crippen molar-refractivity contribution in [1.82, 2.24) is 0 Å². The molecule has 4 nitrogen and oxygen atoms in total. The van der Waals surface area contributed by atoms with Gasteiger partial charge in [0.05, 0.1) is 6.07 Å². The van der Waals surface area contributed by atoms with Crippen LogP contribution in [0.2, 0.25) is 0 Å². The molecule has 0 aliphatic rings. The second kappa shape index (κ2) is 7.72. The highest BCUT2D eigenvalue weighted by molar-refractivity contribution is 6.67. The van der Waals surface area contributed by atoms with E-state index in [1.165, 1.54) is 6.92 Å². The Morgan fingerprint density at radius 1 is 1.07 bits per heavy atom. The highest BCUT2D eigenvalue weighted by Gasteiger charge is 2.32. The van der Waals surface area contributed by atoms with Crippen LogP contribution in [0, 0.1) is 11.3 Å². The van der Waals surface area contributed by atoms with Gasteiger partial charge >= 0.3 is 14.1 Å². The summed E-state index contributed by atoms with van der Waals surface area (Å²) in [5, 5.41) is 7.32. The number of halogens is 6. The molecule has 0 aliphatic heterocycles. The average molecular weight is 338 g/mol. The van der Waals surface area contributed by atoms with Gasteiger partial charge in [-0.15, -0.1) is 0 Å². The fraction of sp³-hybridized carbons (Fsp3) is 0.600. The largest absolute Gasteiger partial charge is 0.515 e. The SMILES string of the molecule is CC#N.O=C(OC(Cl)(Cl)Cl)OC(Cl)(Cl)Cl. The van der Waals surface area contributed by atoms with Gasteiger partial charge in [-0.05, 0) is 69.6 Å². The predicted octanol–water partition coefficient (Wildman–Crippen LogP) is 4.32. The Kier molecular flexibility index (Phi) is 9.20. The van der Waals surface area contributed by atoms with Crippen LogP contribution in [-0.2, 0) is 9.47 Å². The average Bonchev–Trinajstić information content (AvgIpc) is 1.77. The number of alkyl halides is 6. The van der Waals surface area contributed by atoms with Crippen molar-refractivity contribution in [2.24, 2.45) is 0 Å². The van der Waals surface area contributed by atoms with Crippen LogP contribution >= 0.6 is 69.6 Å². The Morgan fingerprint density at radius 2 is 1.27 bits per heavy atom. The highest BCUT2D eigenvalue weighted by atomic mass is 35.6. The van der Waals surface area contributed by atoms with Crippen LogP contribution in [0.5, 0.6) is 0 Å². The van der Waals surface area contributed by atoms with Crippen LogP contribution in [-0.4, -0.2) is 14.1 Å². The van der Waals surface area contributed by atoms with Crippen molar-refractivity contribution in [3.8, 4) is 6.07 Å². The molecular weight excluding hydrogens is 335 g/mol. The van der Waals surface area contributed by atoms with Gasteiger partial charge < -0.3 is 9.47 Å². The molecule has 0 unspecified atom stereocenters. The summed E-state index contributed by atoms with van der Waals surface area (Å²) in [6, 6.07) is 1.75. The third kappa shape index (κ3) is 20.5. The Bertz CT molecular complexity index is 221. The van der Waals surface area contributed by atoms with Crippen molar-refractivity contribution in [3.05, 3.63) is 0 Å². The topological polar surface area (TPSA) is 59.3 Å². The van der Waals surface area contributed by atoms with Crippen molar-refractivity contribution in [2.45, 2.75) is 14.9 Å². The number of ether oxygens (including phenoxy) is 2. The summed E-state index contributed by atoms with van der Waals surface area (Å²) < 4.78 is 3.50. The highest BCUT2D eigenvalue weighted by Crippen LogP contribution is 2.32. The minimum atomic E-state index is -2.24. The van der Waals surface area contributed by atoms with Crippen LogP contribution in [0.25, 0.3) is 0 Å². The molecule has 0 bridgehead atoms. The lowest BCUT2D eigenvalue weighted by Crippen LogP contribution is -2.22. The molecule has 0 aromatic heterocycles. The summed E-state index contributed by atoms with van der Waals surface area (Å²) in [6.45, 7) is 1.43. The molecule has 88 valence electrons. The molecule has 0 spiro atoms. The van der Waals surface area contributed by atoms with Crippen LogP contribution in [0.4, 0.5) is 4.79 Å². The normalized spacial score (nSPS) is 10.5. The summed E-state index contributed by atoms with van der Waals surface area (Å²) >= 11 is 30.2. The maximum absolute atomic E-state index is 10.5. The molecule has 0 amide bonds. The van der Waals surface area contributed by atoms with Gasteiger partial charge in [-0.3, -0.25) is 0 Å². The lowest BCUT2D eigenvalue weighted by molar-refractivity contribution is 0.0508. The van der Waals surface area contributed by atoms with Crippen molar-refractivity contribution in [1.29, 1.82) is 5.26 Å². The molecule has 10 heteroatoms. The Hall–Kier alpha value is 0.500. The van der Waals surface area contributed by atoms with Crippen LogP contribution in [0.1, 0.15) is 6.92 Å². The van der Waals surface area contributed by atoms with Crippen molar-refractivity contribution in [3.63, 3.8) is 0 Å². The zero-order valence-electron chi connectivity index (χ0n) is 6.94. The molecule has 0 saturated carbocycles. The molecule has 0 rings (SSSR count). The van der Waals surface area contributed by atoms with Crippen molar-refractivity contribution >= 4 is 75.8 Å². The van der Waals surface area contributed by atoms with Gasteiger partial charge in [-0.2, -0.15) is 5.26 Å². The lowest BCUT2D eigenvalue weighted by atomic mass is 11.0. The number of nitriles is 1. The minimum absolute atomic E-state index is 1.41. The molecule has 0 fully saturated rings. The molecule has 0 heterocycles. The van der Waals surface area contributed by atoms with E-state index in [1.54, 1.807) is 6.07 Å². The van der Waals surface area contributed by atoms with E-state index >= 15 is 0 Å². The van der Waals surface area contributed by atoms with Gasteiger partial charge in [-0.25, -0.2) is 4.79 Å². The molecular formula is C5H3Cl6NO3. The zero-order valence-corrected chi connectivity index (χ0v) is 11.5. The maximum Gasteiger partial charge on any atom is 0.515 e. The van der Waals surface area contributed by atoms with Crippen LogP contribution in [0.15, 0.2) is 0 Å². The fourth-order valence-electron chi connectivity index (χ4n) is 0.210. The van der Waals surface area contributed by atoms with Crippen LogP contribution < -0.4 is 0 Å². The molecule has 0 atom stereocenters. The van der Waals surface area contributed by atoms with E-state index in [0.29, 0.717) is 0 Å². The first-order valence-electron chi connectivity index (χ1n) is 2.88. The first-order valence-corrected chi connectivity index (χ1v) is 5.15. The van der Waals surface area contributed by atoms with Crippen molar-refractivity contribution in [2.75, 3.05) is 0 Å². The number of carbonyl (C=O) groups excluding carboxylic acids is 1. The van der Waals surface area contributed by atoms with Gasteiger partial charge in [0.1, 0.15) is 0 Å². The monoisotopic (exact) mass is 335 g/mol. The van der Waals surface area contributed by atoms with E-state index in [9.17, 15) is 4.79 Å². The number of hydrogen-bond donors (Lipinski definition) is 0. The van der Waals surface area contributed by atoms with Crippen molar-refractivity contribution < 1.29 is 14.3 Å². The summed E-state index contributed by atoms with van der Waals surface area (Å²) in [7, 11) is 0. The summed E-state index contributed by atoms with van der Waals surface area (Å²) in [5.41, 5.74) is 0. The standard InChI is InChI=1S/C3Cl6O3.C2H3N/c4-2(5,6)11-1(10)12-3(7,8)9;1-2-3/h;1H3. The van der Waals surface area contributed by atoms with E-state index in [2.05, 4.69) is 9.47 Å². The van der Waals surface area contributed by atoms with Gasteiger partial charge in [0.25, 0.3) is 0 Å². The van der Waals surface area contributed by atoms with Crippen LogP contribution in [0.3, 0.4) is 0 Å². The minimum Gasteiger partial charge on any atom is -0.382 e. The lowest BCUT2D eigenvalue weighted by Gasteiger charge is -2.15. The number of rotatable bonds is 0. The first-order chi connectivity index (χ1) is 6.52. The van der Waals surface area contributed by atoms with Gasteiger partial charge in [0, 0.05) is 6.92 Å². The van der Waals surface area contributed by atoms with Gasteiger partial charge in [0.2, 0.25) is 0 Å². The molecule has 0 N–H and O–H groups in total. The molecule has 0 radical (unpaired) electrons. The predicted molar refractivity (Wildman–Crippen MR) is 59.4 cm³/mol. The molecule has 0 aromatic carbocycles. The number of hydrogen-bond acceptors (Lipinski definition) is 4. The Labute approximate surface area is 116 Å². The fourth-order valence-corrected chi connectivity index (χ4v) is 0.588. The van der Waals surface area contributed by atoms with E-state index in [0.717, 1.165) is 0 Å². The van der Waals surface area contributed by atoms with E-state index in [4.69, 9.17) is 74.9 Å². The number of nitrogens with zero attached hydrogens (tertiary/aromatic N) is 1. The summed E-state index contributed by atoms with van der Waals surface area (Å²) in [5.74, 6) is 0. The summed E-state index contributed by atoms with van der Waals surface area (Å²) in [4.78, 5) is 10.5. The third-order valence-corrected chi connectivity index (χ3v) is 0.861. The first kappa shape index (κ1) is 17.9. The Morgan fingerprint density at radius 3 is 1.40 bits per heavy atom. The number of carbonyl (C=O) groups is 1. The second-order valence-corrected chi connectivity index (χ2v) is 5.92. The molecule has 15 heavy (non-hydrogen) atoms. The second-order valence-electron chi connectivity index (χ2n) is 1.57. The quantitative estimate of drug-likeness (QED) is 0.487. The van der Waals surface area contributed by atoms with Gasteiger partial charge in [-0.1, -0.05) is 0 Å². The maximum atomic E-state index is 10.5. The van der Waals surface area contributed by atoms with E-state index in [-0.39, 0.29) is 0 Å². The van der Waals surface area contributed by atoms with E-state index < -0.39 is 14.1 Å². The molecule has 0 saturated heterocycles. The Balaban J connectivity index is 0. The van der Waals surface area contributed by atoms with E-state index in [1.807, 2.05) is 0 Å². The zero-order chi connectivity index (χ0) is 12.7.